The summed E-state index contributed by atoms with van der Waals surface area (Å²) < 4.78 is 24.2. The van der Waals surface area contributed by atoms with Gasteiger partial charge in [0, 0.05) is 23.8 Å². The third-order valence-electron chi connectivity index (χ3n) is 2.15. The van der Waals surface area contributed by atoms with Gasteiger partial charge in [-0.15, -0.1) is 0 Å². The van der Waals surface area contributed by atoms with Crippen LogP contribution in [0, 0.1) is 0 Å². The van der Waals surface area contributed by atoms with Gasteiger partial charge in [-0.1, -0.05) is 11.8 Å². The normalized spacial score (nSPS) is 11.7. The molecule has 1 aromatic heterocycles. The third-order valence-corrected chi connectivity index (χ3v) is 3.96. The van der Waals surface area contributed by atoms with E-state index in [9.17, 15) is 8.42 Å². The van der Waals surface area contributed by atoms with Gasteiger partial charge in [-0.25, -0.2) is 13.6 Å². The second-order valence-corrected chi connectivity index (χ2v) is 6.44. The van der Waals surface area contributed by atoms with E-state index >= 15 is 0 Å². The number of anilines is 1. The first-order valence-corrected chi connectivity index (χ1v) is 7.31. The van der Waals surface area contributed by atoms with Crippen molar-refractivity contribution in [3.05, 3.63) is 30.6 Å². The van der Waals surface area contributed by atoms with Gasteiger partial charge < -0.3 is 5.73 Å². The summed E-state index contributed by atoms with van der Waals surface area (Å²) in [5.41, 5.74) is 6.02. The van der Waals surface area contributed by atoms with Crippen molar-refractivity contribution in [2.45, 2.75) is 14.7 Å². The molecule has 1 heterocycles. The van der Waals surface area contributed by atoms with E-state index in [1.54, 1.807) is 24.0 Å². The summed E-state index contributed by atoms with van der Waals surface area (Å²) in [5, 5.41) is 9.11. The molecule has 0 aliphatic rings. The molecule has 2 aromatic rings. The summed E-state index contributed by atoms with van der Waals surface area (Å²) in [6.45, 7) is 0. The average Bonchev–Trinajstić information content (AvgIpc) is 2.61. The lowest BCUT2D eigenvalue weighted by Gasteiger charge is -2.04. The summed E-state index contributed by atoms with van der Waals surface area (Å²) >= 11 is 1.37. The summed E-state index contributed by atoms with van der Waals surface area (Å²) in [6, 6.07) is 4.51. The van der Waals surface area contributed by atoms with E-state index < -0.39 is 10.0 Å². The van der Waals surface area contributed by atoms with Crippen LogP contribution in [0.5, 0.6) is 0 Å². The molecule has 1 aromatic carbocycles. The molecule has 0 atom stereocenters. The first kappa shape index (κ1) is 12.9. The number of nitrogen functional groups attached to an aromatic ring is 1. The number of benzene rings is 1. The minimum absolute atomic E-state index is 0.00823. The zero-order valence-electron chi connectivity index (χ0n) is 9.57. The van der Waals surface area contributed by atoms with Crippen molar-refractivity contribution in [2.75, 3.05) is 5.73 Å². The average molecular weight is 284 g/mol. The molecular weight excluding hydrogens is 272 g/mol. The quantitative estimate of drug-likeness (QED) is 0.811. The van der Waals surface area contributed by atoms with Crippen molar-refractivity contribution in [3.8, 4) is 0 Å². The Morgan fingerprint density at radius 1 is 1.28 bits per heavy atom. The van der Waals surface area contributed by atoms with Crippen LogP contribution < -0.4 is 10.9 Å². The minimum atomic E-state index is -3.75. The number of aromatic nitrogens is 2. The van der Waals surface area contributed by atoms with Gasteiger partial charge in [-0.2, -0.15) is 5.10 Å². The number of sulfonamides is 1. The Hall–Kier alpha value is -1.51. The van der Waals surface area contributed by atoms with E-state index in [1.807, 2.05) is 6.20 Å². The van der Waals surface area contributed by atoms with Crippen molar-refractivity contribution in [1.29, 1.82) is 0 Å². The Balaban J connectivity index is 2.37. The van der Waals surface area contributed by atoms with E-state index in [2.05, 4.69) is 5.10 Å². The number of hydrogen-bond acceptors (Lipinski definition) is 5. The Kier molecular flexibility index (Phi) is 3.33. The van der Waals surface area contributed by atoms with Crippen molar-refractivity contribution in [2.24, 2.45) is 12.2 Å². The molecule has 0 radical (unpaired) electrons. The van der Waals surface area contributed by atoms with E-state index in [0.717, 1.165) is 4.90 Å². The molecule has 0 saturated carbocycles. The topological polar surface area (TPSA) is 104 Å². The molecule has 8 heteroatoms. The smallest absolute Gasteiger partial charge is 0.238 e. The van der Waals surface area contributed by atoms with Crippen molar-refractivity contribution >= 4 is 27.5 Å². The van der Waals surface area contributed by atoms with Gasteiger partial charge in [0.1, 0.15) is 0 Å². The highest BCUT2D eigenvalue weighted by Crippen LogP contribution is 2.30. The van der Waals surface area contributed by atoms with E-state index in [-0.39, 0.29) is 4.90 Å². The number of nitrogens with two attached hydrogens (primary N) is 2. The molecule has 0 amide bonds. The van der Waals surface area contributed by atoms with Crippen molar-refractivity contribution in [1.82, 2.24) is 9.78 Å². The van der Waals surface area contributed by atoms with E-state index in [1.165, 1.54) is 23.9 Å². The molecule has 0 bridgehead atoms. The zero-order valence-corrected chi connectivity index (χ0v) is 11.2. The molecule has 6 nitrogen and oxygen atoms in total. The summed E-state index contributed by atoms with van der Waals surface area (Å²) in [7, 11) is -1.94. The Morgan fingerprint density at radius 3 is 2.56 bits per heavy atom. The predicted molar refractivity (Wildman–Crippen MR) is 69.6 cm³/mol. The number of primary sulfonamides is 1. The largest absolute Gasteiger partial charge is 0.399 e. The van der Waals surface area contributed by atoms with Gasteiger partial charge in [-0.3, -0.25) is 4.68 Å². The maximum Gasteiger partial charge on any atom is 0.238 e. The van der Waals surface area contributed by atoms with Gasteiger partial charge in [0.25, 0.3) is 0 Å². The second kappa shape index (κ2) is 4.63. The number of hydrogen-bond donors (Lipinski definition) is 2. The first-order valence-electron chi connectivity index (χ1n) is 4.94. The highest BCUT2D eigenvalue weighted by molar-refractivity contribution is 7.99. The maximum absolute atomic E-state index is 11.3. The first-order chi connectivity index (χ1) is 8.34. The molecule has 0 spiro atoms. The monoisotopic (exact) mass is 284 g/mol. The number of rotatable bonds is 3. The molecule has 96 valence electrons. The van der Waals surface area contributed by atoms with E-state index in [4.69, 9.17) is 10.9 Å². The fourth-order valence-electron chi connectivity index (χ4n) is 1.40. The van der Waals surface area contributed by atoms with Crippen LogP contribution >= 0.6 is 11.8 Å². The van der Waals surface area contributed by atoms with Crippen LogP contribution in [0.2, 0.25) is 0 Å². The second-order valence-electron chi connectivity index (χ2n) is 3.73. The van der Waals surface area contributed by atoms with Crippen LogP contribution in [-0.2, 0) is 17.1 Å². The lowest BCUT2D eigenvalue weighted by atomic mass is 10.3. The fourth-order valence-corrected chi connectivity index (χ4v) is 3.03. The molecule has 0 fully saturated rings. The van der Waals surface area contributed by atoms with Crippen LogP contribution in [0.25, 0.3) is 0 Å². The van der Waals surface area contributed by atoms with Gasteiger partial charge in [0.2, 0.25) is 10.0 Å². The SMILES string of the molecule is Cn1cc(Sc2cc(N)cc(S(N)(=O)=O)c2)cn1. The van der Waals surface area contributed by atoms with Crippen molar-refractivity contribution < 1.29 is 8.42 Å². The van der Waals surface area contributed by atoms with Gasteiger partial charge in [0.15, 0.2) is 0 Å². The van der Waals surface area contributed by atoms with Gasteiger partial charge in [0.05, 0.1) is 16.0 Å². The van der Waals surface area contributed by atoms with Crippen LogP contribution in [0.4, 0.5) is 5.69 Å². The molecule has 18 heavy (non-hydrogen) atoms. The van der Waals surface area contributed by atoms with Crippen LogP contribution in [0.1, 0.15) is 0 Å². The highest BCUT2D eigenvalue weighted by atomic mass is 32.2. The summed E-state index contributed by atoms with van der Waals surface area (Å²) in [4.78, 5) is 1.60. The minimum Gasteiger partial charge on any atom is -0.399 e. The lowest BCUT2D eigenvalue weighted by Crippen LogP contribution is -2.12. The molecule has 0 saturated heterocycles. The highest BCUT2D eigenvalue weighted by Gasteiger charge is 2.11. The molecule has 0 unspecified atom stereocenters. The zero-order chi connectivity index (χ0) is 13.3. The Morgan fingerprint density at radius 2 is 2.00 bits per heavy atom. The predicted octanol–water partition coefficient (Wildman–Crippen LogP) is 0.801. The number of aryl methyl sites for hydroxylation is 1. The Labute approximate surface area is 109 Å². The Bertz CT molecular complexity index is 679. The fraction of sp³-hybridized carbons (Fsp3) is 0.100. The molecule has 2 rings (SSSR count). The number of nitrogens with zero attached hydrogens (tertiary/aromatic N) is 2. The molecular formula is C10H12N4O2S2. The third kappa shape index (κ3) is 3.03. The van der Waals surface area contributed by atoms with Crippen LogP contribution in [0.15, 0.2) is 45.3 Å². The molecule has 0 aliphatic heterocycles. The maximum atomic E-state index is 11.3. The molecule has 0 aliphatic carbocycles. The summed E-state index contributed by atoms with van der Waals surface area (Å²) in [5.74, 6) is 0. The van der Waals surface area contributed by atoms with Crippen LogP contribution in [-0.4, -0.2) is 18.2 Å². The van der Waals surface area contributed by atoms with Crippen LogP contribution in [0.3, 0.4) is 0 Å². The van der Waals surface area contributed by atoms with Gasteiger partial charge >= 0.3 is 0 Å². The van der Waals surface area contributed by atoms with E-state index in [0.29, 0.717) is 10.6 Å². The molecule has 4 N–H and O–H groups in total. The summed E-state index contributed by atoms with van der Waals surface area (Å²) in [6.07, 6.45) is 3.51. The standard InChI is InChI=1S/C10H12N4O2S2/c1-14-6-9(5-13-14)17-8-2-7(11)3-10(4-8)18(12,15)16/h2-6H,11H2,1H3,(H2,12,15,16). The van der Waals surface area contributed by atoms with Crippen molar-refractivity contribution in [3.63, 3.8) is 0 Å². The van der Waals surface area contributed by atoms with Gasteiger partial charge in [-0.05, 0) is 18.2 Å². The lowest BCUT2D eigenvalue weighted by molar-refractivity contribution is 0.597.